The second-order valence-electron chi connectivity index (χ2n) is 6.37. The molecule has 1 N–H and O–H groups in total. The molecule has 0 aromatic heterocycles. The number of nitro groups is 1. The molecule has 22 heavy (non-hydrogen) atoms. The van der Waals surface area contributed by atoms with Crippen molar-refractivity contribution in [1.29, 1.82) is 0 Å². The highest BCUT2D eigenvalue weighted by molar-refractivity contribution is 5.43. The van der Waals surface area contributed by atoms with Gasteiger partial charge in [-0.15, -0.1) is 0 Å². The molecule has 2 aliphatic rings. The molecule has 2 heterocycles. The molecule has 2 aliphatic heterocycles. The number of hydrogen-bond donors (Lipinski definition) is 1. The summed E-state index contributed by atoms with van der Waals surface area (Å²) in [6, 6.07) is 4.89. The molecular formula is C16H23N3O3. The first-order valence-corrected chi connectivity index (χ1v) is 7.95. The Morgan fingerprint density at radius 2 is 2.32 bits per heavy atom. The van der Waals surface area contributed by atoms with Gasteiger partial charge in [0.2, 0.25) is 0 Å². The Kier molecular flexibility index (Phi) is 4.31. The van der Waals surface area contributed by atoms with Gasteiger partial charge < -0.3 is 10.1 Å². The minimum atomic E-state index is -0.342. The largest absolute Gasteiger partial charge is 0.494 e. The van der Waals surface area contributed by atoms with E-state index in [2.05, 4.69) is 10.2 Å². The lowest BCUT2D eigenvalue weighted by Crippen LogP contribution is -2.29. The molecule has 120 valence electrons. The maximum Gasteiger partial charge on any atom is 0.270 e. The Balaban J connectivity index is 1.75. The lowest BCUT2D eigenvalue weighted by molar-refractivity contribution is -0.385. The first kappa shape index (κ1) is 15.2. The van der Waals surface area contributed by atoms with Crippen molar-refractivity contribution >= 4 is 5.69 Å². The van der Waals surface area contributed by atoms with Gasteiger partial charge in [-0.3, -0.25) is 15.0 Å². The van der Waals surface area contributed by atoms with Crippen LogP contribution in [0.3, 0.4) is 0 Å². The quantitative estimate of drug-likeness (QED) is 0.667. The second kappa shape index (κ2) is 6.22. The molecule has 0 radical (unpaired) electrons. The molecule has 1 unspecified atom stereocenters. The number of benzene rings is 1. The van der Waals surface area contributed by atoms with Gasteiger partial charge in [-0.2, -0.15) is 0 Å². The van der Waals surface area contributed by atoms with Crippen LogP contribution < -0.4 is 10.1 Å². The molecule has 0 aliphatic carbocycles. The third-order valence-corrected chi connectivity index (χ3v) is 4.80. The smallest absolute Gasteiger partial charge is 0.270 e. The van der Waals surface area contributed by atoms with Gasteiger partial charge in [-0.1, -0.05) is 0 Å². The van der Waals surface area contributed by atoms with Crippen LogP contribution in [0, 0.1) is 15.5 Å². The van der Waals surface area contributed by atoms with Crippen molar-refractivity contribution in [1.82, 2.24) is 10.2 Å². The molecular weight excluding hydrogens is 282 g/mol. The second-order valence-corrected chi connectivity index (χ2v) is 6.37. The van der Waals surface area contributed by atoms with Crippen LogP contribution in [0.5, 0.6) is 5.75 Å². The van der Waals surface area contributed by atoms with Gasteiger partial charge in [0.05, 0.1) is 11.5 Å². The van der Waals surface area contributed by atoms with Crippen LogP contribution in [0.4, 0.5) is 5.69 Å². The van der Waals surface area contributed by atoms with E-state index in [1.807, 2.05) is 6.92 Å². The minimum absolute atomic E-state index is 0.134. The molecule has 6 heteroatoms. The van der Waals surface area contributed by atoms with E-state index in [-0.39, 0.29) is 10.6 Å². The molecule has 0 saturated carbocycles. The molecule has 1 aromatic rings. The summed E-state index contributed by atoms with van der Waals surface area (Å²) in [4.78, 5) is 13.1. The highest BCUT2D eigenvalue weighted by Gasteiger charge is 2.40. The lowest BCUT2D eigenvalue weighted by atomic mass is 9.86. The number of likely N-dealkylation sites (tertiary alicyclic amines) is 1. The SMILES string of the molecule is CCOc1ccc([N+](=O)[O-])cc1CN1CCC2(CCNC2)C1. The highest BCUT2D eigenvalue weighted by Crippen LogP contribution is 2.37. The summed E-state index contributed by atoms with van der Waals surface area (Å²) in [5.41, 5.74) is 1.46. The first-order chi connectivity index (χ1) is 10.6. The summed E-state index contributed by atoms with van der Waals surface area (Å²) in [5.74, 6) is 0.763. The predicted molar refractivity (Wildman–Crippen MR) is 84.1 cm³/mol. The van der Waals surface area contributed by atoms with Gasteiger partial charge in [-0.25, -0.2) is 0 Å². The first-order valence-electron chi connectivity index (χ1n) is 7.95. The summed E-state index contributed by atoms with van der Waals surface area (Å²) in [5, 5.41) is 14.5. The van der Waals surface area contributed by atoms with E-state index in [4.69, 9.17) is 4.74 Å². The topological polar surface area (TPSA) is 67.6 Å². The molecule has 0 amide bonds. The molecule has 3 rings (SSSR count). The zero-order valence-corrected chi connectivity index (χ0v) is 13.0. The Bertz CT molecular complexity index is 556. The van der Waals surface area contributed by atoms with Gasteiger partial charge >= 0.3 is 0 Å². The number of rotatable bonds is 5. The van der Waals surface area contributed by atoms with Gasteiger partial charge in [-0.05, 0) is 44.3 Å². The number of nitrogens with zero attached hydrogens (tertiary/aromatic N) is 2. The monoisotopic (exact) mass is 305 g/mol. The number of non-ortho nitro benzene ring substituents is 1. The van der Waals surface area contributed by atoms with E-state index in [0.29, 0.717) is 12.0 Å². The van der Waals surface area contributed by atoms with E-state index in [1.54, 1.807) is 12.1 Å². The van der Waals surface area contributed by atoms with Crippen LogP contribution in [0.1, 0.15) is 25.3 Å². The molecule has 1 aromatic carbocycles. The number of nitrogens with one attached hydrogen (secondary N) is 1. The lowest BCUT2D eigenvalue weighted by Gasteiger charge is -2.23. The molecule has 6 nitrogen and oxygen atoms in total. The molecule has 0 bridgehead atoms. The van der Waals surface area contributed by atoms with Gasteiger partial charge in [0, 0.05) is 37.3 Å². The number of ether oxygens (including phenoxy) is 1. The third-order valence-electron chi connectivity index (χ3n) is 4.80. The Hall–Kier alpha value is -1.66. The summed E-state index contributed by atoms with van der Waals surface area (Å²) in [6.07, 6.45) is 2.44. The molecule has 1 atom stereocenters. The normalized spacial score (nSPS) is 25.0. The minimum Gasteiger partial charge on any atom is -0.494 e. The van der Waals surface area contributed by atoms with Crippen LogP contribution in [0.25, 0.3) is 0 Å². The van der Waals surface area contributed by atoms with Gasteiger partial charge in [0.25, 0.3) is 5.69 Å². The zero-order valence-electron chi connectivity index (χ0n) is 13.0. The average molecular weight is 305 g/mol. The fraction of sp³-hybridized carbons (Fsp3) is 0.625. The summed E-state index contributed by atoms with van der Waals surface area (Å²) in [6.45, 7) is 7.54. The van der Waals surface area contributed by atoms with E-state index in [1.165, 1.54) is 18.9 Å². The fourth-order valence-corrected chi connectivity index (χ4v) is 3.65. The van der Waals surface area contributed by atoms with Crippen LogP contribution in [0.2, 0.25) is 0 Å². The van der Waals surface area contributed by atoms with E-state index in [9.17, 15) is 10.1 Å². The van der Waals surface area contributed by atoms with Crippen LogP contribution in [0.15, 0.2) is 18.2 Å². The fourth-order valence-electron chi connectivity index (χ4n) is 3.65. The van der Waals surface area contributed by atoms with Crippen molar-refractivity contribution in [2.45, 2.75) is 26.3 Å². The zero-order chi connectivity index (χ0) is 15.6. The van der Waals surface area contributed by atoms with E-state index < -0.39 is 0 Å². The average Bonchev–Trinajstić information content (AvgIpc) is 3.11. The Labute approximate surface area is 130 Å². The maximum atomic E-state index is 11.0. The Morgan fingerprint density at radius 1 is 1.45 bits per heavy atom. The molecule has 1 spiro atoms. The standard InChI is InChI=1S/C16H23N3O3/c1-2-22-15-4-3-14(19(20)21)9-13(15)10-18-8-6-16(12-18)5-7-17-11-16/h3-4,9,17H,2,5-8,10-12H2,1H3. The Morgan fingerprint density at radius 3 is 3.00 bits per heavy atom. The van der Waals surface area contributed by atoms with E-state index in [0.717, 1.165) is 44.0 Å². The summed E-state index contributed by atoms with van der Waals surface area (Å²) in [7, 11) is 0. The van der Waals surface area contributed by atoms with E-state index >= 15 is 0 Å². The van der Waals surface area contributed by atoms with Crippen molar-refractivity contribution in [2.24, 2.45) is 5.41 Å². The predicted octanol–water partition coefficient (Wildman–Crippen LogP) is 2.18. The van der Waals surface area contributed by atoms with Gasteiger partial charge in [0.15, 0.2) is 0 Å². The molecule has 2 fully saturated rings. The summed E-state index contributed by atoms with van der Waals surface area (Å²) < 4.78 is 5.64. The van der Waals surface area contributed by atoms with Crippen LogP contribution in [-0.4, -0.2) is 42.6 Å². The third kappa shape index (κ3) is 3.08. The van der Waals surface area contributed by atoms with Crippen LogP contribution >= 0.6 is 0 Å². The summed E-state index contributed by atoms with van der Waals surface area (Å²) >= 11 is 0. The molecule has 2 saturated heterocycles. The number of nitro benzene ring substituents is 1. The van der Waals surface area contributed by atoms with Crippen molar-refractivity contribution in [3.63, 3.8) is 0 Å². The van der Waals surface area contributed by atoms with Crippen molar-refractivity contribution in [3.8, 4) is 5.75 Å². The van der Waals surface area contributed by atoms with Crippen molar-refractivity contribution in [2.75, 3.05) is 32.8 Å². The van der Waals surface area contributed by atoms with Gasteiger partial charge in [0.1, 0.15) is 5.75 Å². The maximum absolute atomic E-state index is 11.0. The van der Waals surface area contributed by atoms with Crippen molar-refractivity contribution < 1.29 is 9.66 Å². The highest BCUT2D eigenvalue weighted by atomic mass is 16.6. The van der Waals surface area contributed by atoms with Crippen LogP contribution in [-0.2, 0) is 6.54 Å². The number of hydrogen-bond acceptors (Lipinski definition) is 5. The van der Waals surface area contributed by atoms with Crippen molar-refractivity contribution in [3.05, 3.63) is 33.9 Å².